The van der Waals surface area contributed by atoms with Gasteiger partial charge in [-0.2, -0.15) is 5.10 Å². The first kappa shape index (κ1) is 22.6. The first-order chi connectivity index (χ1) is 16.5. The molecule has 1 saturated carbocycles. The third-order valence-electron chi connectivity index (χ3n) is 6.65. The van der Waals surface area contributed by atoms with Crippen LogP contribution in [0.2, 0.25) is 5.02 Å². The lowest BCUT2D eigenvalue weighted by molar-refractivity contribution is -0.120. The topological polar surface area (TPSA) is 91.6 Å². The van der Waals surface area contributed by atoms with Gasteiger partial charge in [0, 0.05) is 31.2 Å². The largest absolute Gasteiger partial charge is 0.357 e. The Balaban J connectivity index is 1.18. The first-order valence-electron chi connectivity index (χ1n) is 11.6. The molecule has 3 heterocycles. The van der Waals surface area contributed by atoms with Crippen LogP contribution in [0.5, 0.6) is 0 Å². The molecule has 0 spiro atoms. The zero-order valence-corrected chi connectivity index (χ0v) is 19.4. The van der Waals surface area contributed by atoms with Crippen LogP contribution in [0.4, 0.5) is 15.9 Å². The normalized spacial score (nSPS) is 20.5. The summed E-state index contributed by atoms with van der Waals surface area (Å²) in [6.45, 7) is 1.95. The molecule has 178 valence electrons. The molecule has 0 unspecified atom stereocenters. The number of rotatable bonds is 5. The van der Waals surface area contributed by atoms with E-state index in [1.54, 1.807) is 10.7 Å². The van der Waals surface area contributed by atoms with Crippen molar-refractivity contribution in [2.75, 3.05) is 23.3 Å². The molecule has 8 nitrogen and oxygen atoms in total. The van der Waals surface area contributed by atoms with Crippen molar-refractivity contribution >= 4 is 40.6 Å². The van der Waals surface area contributed by atoms with E-state index in [-0.39, 0.29) is 28.8 Å². The molecule has 2 aliphatic rings. The number of halogens is 2. The summed E-state index contributed by atoms with van der Waals surface area (Å²) in [6.07, 6.45) is 8.35. The van der Waals surface area contributed by atoms with Gasteiger partial charge in [0.05, 0.1) is 16.9 Å². The number of aromatic nitrogens is 3. The average Bonchev–Trinajstić information content (AvgIpc) is 3.51. The lowest BCUT2D eigenvalue weighted by atomic mass is 9.85. The number of hydrogen-bond donors (Lipinski definition) is 2. The number of hydrogen-bond acceptors (Lipinski definition) is 5. The molecule has 1 saturated heterocycles. The van der Waals surface area contributed by atoms with Gasteiger partial charge in [0.2, 0.25) is 5.91 Å². The molecule has 1 aliphatic heterocycles. The van der Waals surface area contributed by atoms with Crippen LogP contribution in [-0.2, 0) is 4.79 Å². The van der Waals surface area contributed by atoms with Crippen LogP contribution in [0.1, 0.15) is 48.9 Å². The maximum Gasteiger partial charge on any atom is 0.256 e. The van der Waals surface area contributed by atoms with Gasteiger partial charge in [0.1, 0.15) is 17.2 Å². The summed E-state index contributed by atoms with van der Waals surface area (Å²) < 4.78 is 14.8. The molecule has 2 N–H and O–H groups in total. The van der Waals surface area contributed by atoms with Gasteiger partial charge in [0.15, 0.2) is 5.65 Å². The van der Waals surface area contributed by atoms with Crippen molar-refractivity contribution in [3.05, 3.63) is 53.1 Å². The van der Waals surface area contributed by atoms with Crippen LogP contribution in [0.3, 0.4) is 0 Å². The Labute approximate surface area is 201 Å². The molecular formula is C24H26ClFN6O2. The molecule has 2 amide bonds. The molecule has 0 radical (unpaired) electrons. The van der Waals surface area contributed by atoms with E-state index in [4.69, 9.17) is 16.6 Å². The SMILES string of the molecule is O=C(NC1CCC(C(=O)Nc2ccc(F)cc2Cl)CC1)c1cnn2ccc(N3CCCC3)nc12. The molecule has 34 heavy (non-hydrogen) atoms. The quantitative estimate of drug-likeness (QED) is 0.570. The number of carbonyl (C=O) groups is 2. The molecular weight excluding hydrogens is 459 g/mol. The molecule has 2 fully saturated rings. The van der Waals surface area contributed by atoms with E-state index in [1.165, 1.54) is 18.2 Å². The number of nitrogens with zero attached hydrogens (tertiary/aromatic N) is 4. The van der Waals surface area contributed by atoms with Crippen LogP contribution >= 0.6 is 11.6 Å². The van der Waals surface area contributed by atoms with Gasteiger partial charge in [0.25, 0.3) is 5.91 Å². The van der Waals surface area contributed by atoms with Crippen LogP contribution in [0.15, 0.2) is 36.7 Å². The van der Waals surface area contributed by atoms with Gasteiger partial charge in [-0.25, -0.2) is 13.9 Å². The Morgan fingerprint density at radius 3 is 2.59 bits per heavy atom. The van der Waals surface area contributed by atoms with Crippen molar-refractivity contribution in [3.8, 4) is 0 Å². The third-order valence-corrected chi connectivity index (χ3v) is 6.96. The van der Waals surface area contributed by atoms with Crippen molar-refractivity contribution in [2.24, 2.45) is 5.92 Å². The fraction of sp³-hybridized carbons (Fsp3) is 0.417. The highest BCUT2D eigenvalue weighted by Gasteiger charge is 2.28. The van der Waals surface area contributed by atoms with E-state index in [0.717, 1.165) is 31.7 Å². The Morgan fingerprint density at radius 2 is 1.85 bits per heavy atom. The second kappa shape index (κ2) is 9.58. The second-order valence-corrected chi connectivity index (χ2v) is 9.35. The number of benzene rings is 1. The van der Waals surface area contributed by atoms with Gasteiger partial charge in [-0.15, -0.1) is 0 Å². The van der Waals surface area contributed by atoms with Gasteiger partial charge in [-0.05, 0) is 62.8 Å². The number of nitrogens with one attached hydrogen (secondary N) is 2. The number of amides is 2. The molecule has 1 aromatic carbocycles. The number of anilines is 2. The van der Waals surface area contributed by atoms with Crippen LogP contribution in [-0.4, -0.2) is 45.5 Å². The summed E-state index contributed by atoms with van der Waals surface area (Å²) >= 11 is 6.01. The molecule has 0 bridgehead atoms. The maximum atomic E-state index is 13.2. The second-order valence-electron chi connectivity index (χ2n) is 8.94. The van der Waals surface area contributed by atoms with Gasteiger partial charge in [-0.1, -0.05) is 11.6 Å². The number of carbonyl (C=O) groups excluding carboxylic acids is 2. The minimum absolute atomic E-state index is 0.0253. The molecule has 5 rings (SSSR count). The summed E-state index contributed by atoms with van der Waals surface area (Å²) in [4.78, 5) is 32.6. The Hall–Kier alpha value is -3.20. The van der Waals surface area contributed by atoms with Gasteiger partial charge < -0.3 is 15.5 Å². The summed E-state index contributed by atoms with van der Waals surface area (Å²) in [6, 6.07) is 5.80. The lowest BCUT2D eigenvalue weighted by Gasteiger charge is -2.28. The van der Waals surface area contributed by atoms with E-state index in [0.29, 0.717) is 42.6 Å². The fourth-order valence-electron chi connectivity index (χ4n) is 4.73. The highest BCUT2D eigenvalue weighted by Crippen LogP contribution is 2.28. The summed E-state index contributed by atoms with van der Waals surface area (Å²) in [5, 5.41) is 10.3. The van der Waals surface area contributed by atoms with E-state index in [2.05, 4.69) is 20.6 Å². The molecule has 0 atom stereocenters. The summed E-state index contributed by atoms with van der Waals surface area (Å²) in [5.41, 5.74) is 1.40. The van der Waals surface area contributed by atoms with E-state index in [1.807, 2.05) is 12.3 Å². The highest BCUT2D eigenvalue weighted by atomic mass is 35.5. The Kier molecular flexibility index (Phi) is 6.36. The molecule has 2 aromatic heterocycles. The highest BCUT2D eigenvalue weighted by molar-refractivity contribution is 6.33. The molecule has 10 heteroatoms. The fourth-order valence-corrected chi connectivity index (χ4v) is 4.95. The van der Waals surface area contributed by atoms with Crippen LogP contribution < -0.4 is 15.5 Å². The van der Waals surface area contributed by atoms with E-state index < -0.39 is 5.82 Å². The Bertz CT molecular complexity index is 1220. The van der Waals surface area contributed by atoms with E-state index >= 15 is 0 Å². The summed E-state index contributed by atoms with van der Waals surface area (Å²) in [5.74, 6) is -0.109. The van der Waals surface area contributed by atoms with Crippen molar-refractivity contribution in [1.82, 2.24) is 19.9 Å². The van der Waals surface area contributed by atoms with Crippen molar-refractivity contribution in [3.63, 3.8) is 0 Å². The van der Waals surface area contributed by atoms with Gasteiger partial charge >= 0.3 is 0 Å². The van der Waals surface area contributed by atoms with Crippen molar-refractivity contribution in [2.45, 2.75) is 44.6 Å². The zero-order chi connectivity index (χ0) is 23.7. The number of fused-ring (bicyclic) bond motifs is 1. The zero-order valence-electron chi connectivity index (χ0n) is 18.6. The van der Waals surface area contributed by atoms with Crippen LogP contribution in [0.25, 0.3) is 5.65 Å². The van der Waals surface area contributed by atoms with Crippen LogP contribution in [0, 0.1) is 11.7 Å². The molecule has 1 aliphatic carbocycles. The van der Waals surface area contributed by atoms with E-state index in [9.17, 15) is 14.0 Å². The van der Waals surface area contributed by atoms with Crippen molar-refractivity contribution < 1.29 is 14.0 Å². The average molecular weight is 485 g/mol. The predicted octanol–water partition coefficient (Wildman–Crippen LogP) is 4.05. The lowest BCUT2D eigenvalue weighted by Crippen LogP contribution is -2.39. The minimum atomic E-state index is -0.451. The summed E-state index contributed by atoms with van der Waals surface area (Å²) in [7, 11) is 0. The maximum absolute atomic E-state index is 13.2. The first-order valence-corrected chi connectivity index (χ1v) is 12.0. The smallest absolute Gasteiger partial charge is 0.256 e. The van der Waals surface area contributed by atoms with Gasteiger partial charge in [-0.3, -0.25) is 9.59 Å². The predicted molar refractivity (Wildman–Crippen MR) is 128 cm³/mol. The molecule has 3 aromatic rings. The standard InChI is InChI=1S/C24H26ClFN6O2/c25-19-13-16(26)5-8-20(19)29-23(33)15-3-6-17(7-4-15)28-24(34)18-14-27-32-12-9-21(30-22(18)32)31-10-1-2-11-31/h5,8-9,12-15,17H,1-4,6-7,10-11H2,(H,28,34)(H,29,33). The van der Waals surface area contributed by atoms with Crippen molar-refractivity contribution in [1.29, 1.82) is 0 Å². The third kappa shape index (κ3) is 4.70. The monoisotopic (exact) mass is 484 g/mol. The minimum Gasteiger partial charge on any atom is -0.357 e. The Morgan fingerprint density at radius 1 is 1.09 bits per heavy atom.